The first kappa shape index (κ1) is 10.6. The number of pyridine rings is 1. The monoisotopic (exact) mass is 163 g/mol. The van der Waals surface area contributed by atoms with Gasteiger partial charge in [-0.2, -0.15) is 0 Å². The van der Waals surface area contributed by atoms with E-state index >= 15 is 0 Å². The highest BCUT2D eigenvalue weighted by Crippen LogP contribution is 2.08. The van der Waals surface area contributed by atoms with E-state index in [2.05, 4.69) is 18.1 Å². The molecule has 0 atom stereocenters. The molecule has 0 bridgehead atoms. The van der Waals surface area contributed by atoms with E-state index in [0.717, 1.165) is 18.2 Å². The highest BCUT2D eigenvalue weighted by molar-refractivity contribution is 5.62. The van der Waals surface area contributed by atoms with Gasteiger partial charge in [-0.1, -0.05) is 25.3 Å². The molecular formula is C10H13NO. The molecule has 0 aliphatic heterocycles. The summed E-state index contributed by atoms with van der Waals surface area (Å²) in [5.74, 6) is 0. The van der Waals surface area contributed by atoms with Gasteiger partial charge in [0.05, 0.1) is 0 Å². The molecule has 0 aromatic carbocycles. The Labute approximate surface area is 72.9 Å². The fraction of sp³-hybridized carbons (Fsp3) is 0.100. The summed E-state index contributed by atoms with van der Waals surface area (Å²) < 4.78 is 0. The summed E-state index contributed by atoms with van der Waals surface area (Å²) >= 11 is 0. The van der Waals surface area contributed by atoms with Crippen molar-refractivity contribution in [2.45, 2.75) is 0 Å². The van der Waals surface area contributed by atoms with Gasteiger partial charge in [-0.15, -0.1) is 0 Å². The van der Waals surface area contributed by atoms with Gasteiger partial charge < -0.3 is 5.11 Å². The maximum absolute atomic E-state index is 7.00. The lowest BCUT2D eigenvalue weighted by atomic mass is 10.1. The van der Waals surface area contributed by atoms with E-state index in [4.69, 9.17) is 5.11 Å². The fourth-order valence-corrected chi connectivity index (χ4v) is 0.774. The van der Waals surface area contributed by atoms with E-state index in [0.29, 0.717) is 0 Å². The average Bonchev–Trinajstić information content (AvgIpc) is 2.20. The molecule has 0 amide bonds. The zero-order valence-corrected chi connectivity index (χ0v) is 7.20. The van der Waals surface area contributed by atoms with Crippen LogP contribution in [0.4, 0.5) is 0 Å². The lowest BCUT2D eigenvalue weighted by molar-refractivity contribution is 0.399. The number of nitrogens with zero attached hydrogens (tertiary/aromatic N) is 1. The van der Waals surface area contributed by atoms with Gasteiger partial charge in [0.15, 0.2) is 0 Å². The highest BCUT2D eigenvalue weighted by Gasteiger charge is 1.90. The van der Waals surface area contributed by atoms with E-state index in [1.807, 2.05) is 6.07 Å². The van der Waals surface area contributed by atoms with Crippen molar-refractivity contribution in [3.05, 3.63) is 42.7 Å². The third-order valence-electron chi connectivity index (χ3n) is 1.33. The molecule has 0 aliphatic carbocycles. The molecule has 1 aromatic rings. The van der Waals surface area contributed by atoms with Crippen LogP contribution >= 0.6 is 0 Å². The van der Waals surface area contributed by atoms with E-state index in [9.17, 15) is 0 Å². The lowest BCUT2D eigenvalue weighted by Gasteiger charge is -1.95. The van der Waals surface area contributed by atoms with Crippen LogP contribution in [0.2, 0.25) is 0 Å². The zero-order chi connectivity index (χ0) is 9.40. The SMILES string of the molecule is C=Cc1ccncc1C=C.CO. The Balaban J connectivity index is 0.000000561. The van der Waals surface area contributed by atoms with E-state index in [-0.39, 0.29) is 0 Å². The van der Waals surface area contributed by atoms with Crippen molar-refractivity contribution in [3.8, 4) is 0 Å². The van der Waals surface area contributed by atoms with Crippen LogP contribution in [0.1, 0.15) is 11.1 Å². The quantitative estimate of drug-likeness (QED) is 0.723. The molecule has 2 heteroatoms. The van der Waals surface area contributed by atoms with Gasteiger partial charge in [0.1, 0.15) is 0 Å². The maximum Gasteiger partial charge on any atom is 0.0346 e. The maximum atomic E-state index is 7.00. The van der Waals surface area contributed by atoms with Crippen LogP contribution in [0.25, 0.3) is 12.2 Å². The minimum atomic E-state index is 1.00. The molecule has 0 spiro atoms. The largest absolute Gasteiger partial charge is 0.400 e. The summed E-state index contributed by atoms with van der Waals surface area (Å²) in [6, 6.07) is 1.91. The standard InChI is InChI=1S/C9H9N.CH4O/c1-3-8-5-6-10-7-9(8)4-2;1-2/h3-7H,1-2H2;2H,1H3. The Hall–Kier alpha value is -1.41. The highest BCUT2D eigenvalue weighted by atomic mass is 16.2. The van der Waals surface area contributed by atoms with Gasteiger partial charge in [-0.05, 0) is 17.2 Å². The number of aliphatic hydroxyl groups excluding tert-OH is 1. The first-order valence-corrected chi connectivity index (χ1v) is 3.52. The molecule has 0 radical (unpaired) electrons. The topological polar surface area (TPSA) is 33.1 Å². The normalized spacial score (nSPS) is 7.83. The minimum Gasteiger partial charge on any atom is -0.400 e. The molecule has 64 valence electrons. The molecule has 1 aromatic heterocycles. The van der Waals surface area contributed by atoms with Crippen LogP contribution in [-0.2, 0) is 0 Å². The Kier molecular flexibility index (Phi) is 5.57. The van der Waals surface area contributed by atoms with Gasteiger partial charge in [-0.25, -0.2) is 0 Å². The van der Waals surface area contributed by atoms with Gasteiger partial charge in [0, 0.05) is 19.5 Å². The van der Waals surface area contributed by atoms with Crippen LogP contribution in [-0.4, -0.2) is 17.2 Å². The molecule has 0 saturated heterocycles. The summed E-state index contributed by atoms with van der Waals surface area (Å²) in [7, 11) is 1.00. The smallest absolute Gasteiger partial charge is 0.0346 e. The van der Waals surface area contributed by atoms with Crippen molar-refractivity contribution in [1.29, 1.82) is 0 Å². The van der Waals surface area contributed by atoms with Crippen molar-refractivity contribution in [3.63, 3.8) is 0 Å². The van der Waals surface area contributed by atoms with Crippen molar-refractivity contribution >= 4 is 12.2 Å². The second-order valence-corrected chi connectivity index (χ2v) is 1.91. The van der Waals surface area contributed by atoms with Crippen molar-refractivity contribution in [1.82, 2.24) is 4.98 Å². The predicted octanol–water partition coefficient (Wildman–Crippen LogP) is 1.98. The average molecular weight is 163 g/mol. The number of rotatable bonds is 2. The first-order chi connectivity index (χ1) is 5.88. The molecule has 0 fully saturated rings. The predicted molar refractivity (Wildman–Crippen MR) is 52.6 cm³/mol. The van der Waals surface area contributed by atoms with Gasteiger partial charge in [-0.3, -0.25) is 4.98 Å². The Morgan fingerprint density at radius 2 is 1.83 bits per heavy atom. The Morgan fingerprint density at radius 1 is 1.25 bits per heavy atom. The number of aromatic nitrogens is 1. The third kappa shape index (κ3) is 2.68. The lowest BCUT2D eigenvalue weighted by Crippen LogP contribution is -1.79. The summed E-state index contributed by atoms with van der Waals surface area (Å²) in [5.41, 5.74) is 2.10. The molecular weight excluding hydrogens is 150 g/mol. The number of aliphatic hydroxyl groups is 1. The van der Waals surface area contributed by atoms with Gasteiger partial charge in [0.25, 0.3) is 0 Å². The molecule has 2 nitrogen and oxygen atoms in total. The van der Waals surface area contributed by atoms with Crippen LogP contribution < -0.4 is 0 Å². The van der Waals surface area contributed by atoms with E-state index in [1.54, 1.807) is 24.5 Å². The second kappa shape index (κ2) is 6.31. The van der Waals surface area contributed by atoms with Gasteiger partial charge >= 0.3 is 0 Å². The number of hydrogen-bond donors (Lipinski definition) is 1. The molecule has 0 unspecified atom stereocenters. The molecule has 0 saturated carbocycles. The zero-order valence-electron chi connectivity index (χ0n) is 7.20. The molecule has 1 heterocycles. The van der Waals surface area contributed by atoms with Crippen molar-refractivity contribution < 1.29 is 5.11 Å². The summed E-state index contributed by atoms with van der Waals surface area (Å²) in [5, 5.41) is 7.00. The third-order valence-corrected chi connectivity index (χ3v) is 1.33. The second-order valence-electron chi connectivity index (χ2n) is 1.91. The van der Waals surface area contributed by atoms with Crippen LogP contribution in [0.15, 0.2) is 31.6 Å². The van der Waals surface area contributed by atoms with Crippen LogP contribution in [0, 0.1) is 0 Å². The molecule has 1 rings (SSSR count). The molecule has 1 N–H and O–H groups in total. The number of hydrogen-bond acceptors (Lipinski definition) is 2. The fourth-order valence-electron chi connectivity index (χ4n) is 0.774. The van der Waals surface area contributed by atoms with E-state index in [1.165, 1.54) is 0 Å². The van der Waals surface area contributed by atoms with Crippen molar-refractivity contribution in [2.75, 3.05) is 7.11 Å². The van der Waals surface area contributed by atoms with Crippen LogP contribution in [0.3, 0.4) is 0 Å². The summed E-state index contributed by atoms with van der Waals surface area (Å²) in [6.45, 7) is 7.32. The van der Waals surface area contributed by atoms with E-state index < -0.39 is 0 Å². The van der Waals surface area contributed by atoms with Crippen LogP contribution in [0.5, 0.6) is 0 Å². The summed E-state index contributed by atoms with van der Waals surface area (Å²) in [4.78, 5) is 3.95. The summed E-state index contributed by atoms with van der Waals surface area (Å²) in [6.07, 6.45) is 7.07. The van der Waals surface area contributed by atoms with Gasteiger partial charge in [0.2, 0.25) is 0 Å². The minimum absolute atomic E-state index is 1.00. The molecule has 12 heavy (non-hydrogen) atoms. The Bertz CT molecular complexity index is 229. The first-order valence-electron chi connectivity index (χ1n) is 3.52. The van der Waals surface area contributed by atoms with Crippen molar-refractivity contribution in [2.24, 2.45) is 0 Å². The Morgan fingerprint density at radius 3 is 2.25 bits per heavy atom. The molecule has 0 aliphatic rings.